The molecule has 1 aromatic carbocycles. The second-order valence-corrected chi connectivity index (χ2v) is 4.80. The molecule has 104 valence electrons. The highest BCUT2D eigenvalue weighted by molar-refractivity contribution is 6.54. The van der Waals surface area contributed by atoms with Gasteiger partial charge in [-0.05, 0) is 0 Å². The van der Waals surface area contributed by atoms with Gasteiger partial charge in [0.25, 0.3) is 5.91 Å². The summed E-state index contributed by atoms with van der Waals surface area (Å²) in [4.78, 5) is 23.0. The van der Waals surface area contributed by atoms with Gasteiger partial charge in [0.2, 0.25) is 0 Å². The van der Waals surface area contributed by atoms with Crippen LogP contribution in [0.3, 0.4) is 0 Å². The Morgan fingerprint density at radius 1 is 0.947 bits per heavy atom. The number of benzene rings is 1. The van der Waals surface area contributed by atoms with Gasteiger partial charge in [0.1, 0.15) is 0 Å². The van der Waals surface area contributed by atoms with E-state index >= 15 is 0 Å². The molecule has 1 rings (SSSR count). The van der Waals surface area contributed by atoms with Crippen molar-refractivity contribution in [1.29, 1.82) is 0 Å². The van der Waals surface area contributed by atoms with E-state index in [1.165, 1.54) is 0 Å². The van der Waals surface area contributed by atoms with Crippen molar-refractivity contribution in [3.8, 4) is 0 Å². The first kappa shape index (κ1) is 16.3. The van der Waals surface area contributed by atoms with Crippen LogP contribution in [0.4, 0.5) is 0 Å². The van der Waals surface area contributed by atoms with Crippen molar-refractivity contribution >= 4 is 58.3 Å². The van der Waals surface area contributed by atoms with Gasteiger partial charge in [-0.15, -0.1) is 0 Å². The summed E-state index contributed by atoms with van der Waals surface area (Å²) < 4.78 is 0. The number of aliphatic hydroxyl groups excluding tert-OH is 1. The molecule has 0 aliphatic rings. The Bertz CT molecular complexity index is 547. The third kappa shape index (κ3) is 3.24. The summed E-state index contributed by atoms with van der Waals surface area (Å²) in [7, 11) is 0. The Balaban J connectivity index is 3.52. The molecule has 0 aliphatic carbocycles. The number of rotatable bonds is 4. The van der Waals surface area contributed by atoms with Crippen molar-refractivity contribution in [3.05, 3.63) is 31.2 Å². The fourth-order valence-electron chi connectivity index (χ4n) is 1.30. The molecule has 0 fully saturated rings. The van der Waals surface area contributed by atoms with Gasteiger partial charge in [0, 0.05) is 6.54 Å². The summed E-state index contributed by atoms with van der Waals surface area (Å²) in [5.41, 5.74) is -0.946. The van der Waals surface area contributed by atoms with E-state index in [0.29, 0.717) is 0 Å². The van der Waals surface area contributed by atoms with Gasteiger partial charge in [-0.1, -0.05) is 46.4 Å². The maximum absolute atomic E-state index is 11.8. The number of hydrogen-bond acceptors (Lipinski definition) is 3. The second kappa shape index (κ2) is 6.63. The summed E-state index contributed by atoms with van der Waals surface area (Å²) in [6, 6.07) is 0. The van der Waals surface area contributed by atoms with Crippen LogP contribution >= 0.6 is 46.4 Å². The highest BCUT2D eigenvalue weighted by atomic mass is 35.5. The molecular formula is C10H7Cl4NO4. The highest BCUT2D eigenvalue weighted by Crippen LogP contribution is 2.41. The number of aromatic carboxylic acids is 1. The minimum absolute atomic E-state index is 0.0773. The van der Waals surface area contributed by atoms with Crippen LogP contribution in [0.25, 0.3) is 0 Å². The number of carbonyl (C=O) groups is 2. The number of nitrogens with one attached hydrogen (secondary N) is 1. The van der Waals surface area contributed by atoms with E-state index in [2.05, 4.69) is 5.32 Å². The highest BCUT2D eigenvalue weighted by Gasteiger charge is 2.28. The number of carbonyl (C=O) groups excluding carboxylic acids is 1. The Kier molecular flexibility index (Phi) is 5.70. The van der Waals surface area contributed by atoms with Crippen LogP contribution in [0.15, 0.2) is 0 Å². The SMILES string of the molecule is O=C(O)c1c(Cl)c(Cl)c(Cl)c(Cl)c1C(=O)NCCO. The van der Waals surface area contributed by atoms with Crippen LogP contribution in [-0.4, -0.2) is 35.2 Å². The van der Waals surface area contributed by atoms with Crippen molar-refractivity contribution < 1.29 is 19.8 Å². The van der Waals surface area contributed by atoms with Crippen molar-refractivity contribution in [2.45, 2.75) is 0 Å². The first-order valence-corrected chi connectivity index (χ1v) is 6.32. The molecule has 19 heavy (non-hydrogen) atoms. The number of halogens is 4. The molecule has 0 radical (unpaired) electrons. The zero-order valence-electron chi connectivity index (χ0n) is 9.14. The van der Waals surface area contributed by atoms with Gasteiger partial charge in [-0.25, -0.2) is 4.79 Å². The summed E-state index contributed by atoms with van der Waals surface area (Å²) in [5.74, 6) is -2.29. The molecule has 0 atom stereocenters. The molecule has 0 spiro atoms. The smallest absolute Gasteiger partial charge is 0.338 e. The number of carboxylic acid groups (broad SMARTS) is 1. The molecule has 0 heterocycles. The lowest BCUT2D eigenvalue weighted by Gasteiger charge is -2.13. The molecule has 3 N–H and O–H groups in total. The van der Waals surface area contributed by atoms with Crippen molar-refractivity contribution in [2.24, 2.45) is 0 Å². The Hall–Kier alpha value is -0.720. The molecule has 0 bridgehead atoms. The lowest BCUT2D eigenvalue weighted by atomic mass is 10.1. The van der Waals surface area contributed by atoms with E-state index < -0.39 is 23.0 Å². The summed E-state index contributed by atoms with van der Waals surface area (Å²) >= 11 is 23.1. The van der Waals surface area contributed by atoms with Gasteiger partial charge in [0.15, 0.2) is 0 Å². The first-order chi connectivity index (χ1) is 8.82. The predicted molar refractivity (Wildman–Crippen MR) is 72.9 cm³/mol. The standard InChI is InChI=1S/C10H7Cl4NO4/c11-5-3(9(17)15-1-2-16)4(10(18)19)6(12)8(14)7(5)13/h16H,1-2H2,(H,15,17)(H,18,19). The molecular weight excluding hydrogens is 340 g/mol. The largest absolute Gasteiger partial charge is 0.478 e. The average Bonchev–Trinajstić information content (AvgIpc) is 2.36. The maximum Gasteiger partial charge on any atom is 0.338 e. The Morgan fingerprint density at radius 2 is 1.42 bits per heavy atom. The van der Waals surface area contributed by atoms with Crippen LogP contribution in [0.5, 0.6) is 0 Å². The summed E-state index contributed by atoms with van der Waals surface area (Å²) in [6.07, 6.45) is 0. The van der Waals surface area contributed by atoms with Crippen LogP contribution in [0, 0.1) is 0 Å². The van der Waals surface area contributed by atoms with Crippen LogP contribution < -0.4 is 5.32 Å². The van der Waals surface area contributed by atoms with Crippen LogP contribution in [0.1, 0.15) is 20.7 Å². The van der Waals surface area contributed by atoms with Crippen LogP contribution in [0.2, 0.25) is 20.1 Å². The first-order valence-electron chi connectivity index (χ1n) is 4.81. The van der Waals surface area contributed by atoms with Crippen molar-refractivity contribution in [1.82, 2.24) is 5.32 Å². The normalized spacial score (nSPS) is 10.4. The third-order valence-corrected chi connectivity index (χ3v) is 3.91. The Morgan fingerprint density at radius 3 is 1.84 bits per heavy atom. The maximum atomic E-state index is 11.8. The average molecular weight is 347 g/mol. The zero-order chi connectivity index (χ0) is 14.7. The fraction of sp³-hybridized carbons (Fsp3) is 0.200. The molecule has 1 aromatic rings. The number of amides is 1. The van der Waals surface area contributed by atoms with E-state index in [-0.39, 0.29) is 33.2 Å². The van der Waals surface area contributed by atoms with Crippen molar-refractivity contribution in [3.63, 3.8) is 0 Å². The molecule has 0 aromatic heterocycles. The van der Waals surface area contributed by atoms with Gasteiger partial charge in [0.05, 0.1) is 37.8 Å². The minimum atomic E-state index is -1.47. The molecule has 0 saturated heterocycles. The molecule has 0 saturated carbocycles. The quantitative estimate of drug-likeness (QED) is 0.578. The predicted octanol–water partition coefficient (Wildman–Crippen LogP) is 2.72. The number of aliphatic hydroxyl groups is 1. The van der Waals surface area contributed by atoms with Gasteiger partial charge in [-0.2, -0.15) is 0 Å². The lowest BCUT2D eigenvalue weighted by molar-refractivity contribution is 0.0691. The fourth-order valence-corrected chi connectivity index (χ4v) is 2.32. The van der Waals surface area contributed by atoms with Crippen LogP contribution in [-0.2, 0) is 0 Å². The van der Waals surface area contributed by atoms with E-state index in [1.807, 2.05) is 0 Å². The second-order valence-electron chi connectivity index (χ2n) is 3.29. The molecule has 5 nitrogen and oxygen atoms in total. The number of hydrogen-bond donors (Lipinski definition) is 3. The van der Waals surface area contributed by atoms with E-state index in [9.17, 15) is 9.59 Å². The number of carboxylic acids is 1. The Labute approximate surface area is 128 Å². The van der Waals surface area contributed by atoms with Gasteiger partial charge in [-0.3, -0.25) is 4.79 Å². The molecule has 1 amide bonds. The van der Waals surface area contributed by atoms with E-state index in [4.69, 9.17) is 56.6 Å². The molecule has 9 heteroatoms. The monoisotopic (exact) mass is 345 g/mol. The van der Waals surface area contributed by atoms with E-state index in [1.54, 1.807) is 0 Å². The zero-order valence-corrected chi connectivity index (χ0v) is 12.2. The molecule has 0 unspecified atom stereocenters. The molecule has 0 aliphatic heterocycles. The third-order valence-electron chi connectivity index (χ3n) is 2.11. The van der Waals surface area contributed by atoms with Crippen molar-refractivity contribution in [2.75, 3.05) is 13.2 Å². The lowest BCUT2D eigenvalue weighted by Crippen LogP contribution is -2.28. The van der Waals surface area contributed by atoms with Gasteiger partial charge >= 0.3 is 5.97 Å². The summed E-state index contributed by atoms with van der Waals surface area (Å²) in [6.45, 7) is -0.396. The minimum Gasteiger partial charge on any atom is -0.478 e. The summed E-state index contributed by atoms with van der Waals surface area (Å²) in [5, 5.41) is 18.8. The van der Waals surface area contributed by atoms with E-state index in [0.717, 1.165) is 0 Å². The topological polar surface area (TPSA) is 86.6 Å². The van der Waals surface area contributed by atoms with Gasteiger partial charge < -0.3 is 15.5 Å².